The Morgan fingerprint density at radius 2 is 1.12 bits per heavy atom. The lowest BCUT2D eigenvalue weighted by Gasteiger charge is -2.22. The molecule has 0 fully saturated rings. The van der Waals surface area contributed by atoms with E-state index in [4.69, 9.17) is 29.2 Å². The van der Waals surface area contributed by atoms with Crippen molar-refractivity contribution in [2.24, 2.45) is 20.9 Å². The molecule has 0 aliphatic carbocycles. The Bertz CT molecular complexity index is 1000. The molecular formula is C28H41N3O3. The molecule has 6 nitrogen and oxygen atoms in total. The molecule has 186 valence electrons. The molecule has 6 heteroatoms. The van der Waals surface area contributed by atoms with Crippen LogP contribution < -0.4 is 0 Å². The molecule has 0 N–H and O–H groups in total. The van der Waals surface area contributed by atoms with E-state index in [2.05, 4.69) is 62.3 Å². The van der Waals surface area contributed by atoms with Crippen molar-refractivity contribution >= 4 is 17.7 Å². The van der Waals surface area contributed by atoms with Crippen molar-refractivity contribution < 1.29 is 14.2 Å². The number of aliphatic imine (C=N–C) groups is 3. The first kappa shape index (κ1) is 24.7. The fourth-order valence-corrected chi connectivity index (χ4v) is 5.02. The fourth-order valence-electron chi connectivity index (χ4n) is 5.02. The maximum absolute atomic E-state index is 6.03. The fraction of sp³-hybridized carbons (Fsp3) is 0.679. The Balaban J connectivity index is 1.74. The van der Waals surface area contributed by atoms with Gasteiger partial charge in [0.2, 0.25) is 0 Å². The SMILES string of the molecule is Cc1c(CC2=N[C@@H](C(C)C)CO2)c(C)c(CC2=NC(C)(C)CO2)c(C)c1CC1=NC(C)(C)CO1. The summed E-state index contributed by atoms with van der Waals surface area (Å²) in [5.74, 6) is 2.96. The van der Waals surface area contributed by atoms with Crippen molar-refractivity contribution in [1.29, 1.82) is 0 Å². The highest BCUT2D eigenvalue weighted by Crippen LogP contribution is 2.32. The van der Waals surface area contributed by atoms with E-state index < -0.39 is 0 Å². The van der Waals surface area contributed by atoms with Gasteiger partial charge >= 0.3 is 0 Å². The lowest BCUT2D eigenvalue weighted by atomic mass is 9.84. The zero-order valence-electron chi connectivity index (χ0n) is 22.5. The topological polar surface area (TPSA) is 64.8 Å². The van der Waals surface area contributed by atoms with E-state index in [1.54, 1.807) is 0 Å². The third-order valence-corrected chi connectivity index (χ3v) is 7.24. The van der Waals surface area contributed by atoms with E-state index in [1.165, 1.54) is 33.4 Å². The first-order chi connectivity index (χ1) is 15.8. The first-order valence-electron chi connectivity index (χ1n) is 12.6. The molecule has 0 aromatic heterocycles. The summed E-state index contributed by atoms with van der Waals surface area (Å²) in [6.07, 6.45) is 2.10. The number of hydrogen-bond donors (Lipinski definition) is 0. The highest BCUT2D eigenvalue weighted by molar-refractivity contribution is 5.86. The number of benzene rings is 1. The molecule has 1 aromatic rings. The van der Waals surface area contributed by atoms with Crippen LogP contribution in [0.4, 0.5) is 0 Å². The smallest absolute Gasteiger partial charge is 0.188 e. The molecular weight excluding hydrogens is 426 g/mol. The quantitative estimate of drug-likeness (QED) is 0.560. The molecule has 0 spiro atoms. The molecule has 0 saturated carbocycles. The molecule has 3 heterocycles. The van der Waals surface area contributed by atoms with Gasteiger partial charge in [0.1, 0.15) is 19.8 Å². The minimum Gasteiger partial charge on any atom is -0.478 e. The number of hydrogen-bond acceptors (Lipinski definition) is 6. The van der Waals surface area contributed by atoms with Gasteiger partial charge in [-0.2, -0.15) is 0 Å². The summed E-state index contributed by atoms with van der Waals surface area (Å²) in [4.78, 5) is 14.6. The van der Waals surface area contributed by atoms with Crippen LogP contribution in [0.15, 0.2) is 15.0 Å². The summed E-state index contributed by atoms with van der Waals surface area (Å²) < 4.78 is 18.0. The van der Waals surface area contributed by atoms with Crippen LogP contribution in [0.2, 0.25) is 0 Å². The van der Waals surface area contributed by atoms with E-state index in [9.17, 15) is 0 Å². The average Bonchev–Trinajstić information content (AvgIpc) is 3.44. The monoisotopic (exact) mass is 467 g/mol. The second-order valence-electron chi connectivity index (χ2n) is 11.7. The van der Waals surface area contributed by atoms with Crippen LogP contribution in [0.5, 0.6) is 0 Å². The van der Waals surface area contributed by atoms with Crippen molar-refractivity contribution in [1.82, 2.24) is 0 Å². The van der Waals surface area contributed by atoms with Crippen LogP contribution in [0.3, 0.4) is 0 Å². The van der Waals surface area contributed by atoms with Gasteiger partial charge in [0.25, 0.3) is 0 Å². The highest BCUT2D eigenvalue weighted by Gasteiger charge is 2.31. The molecule has 34 heavy (non-hydrogen) atoms. The summed E-state index contributed by atoms with van der Waals surface area (Å²) in [5, 5.41) is 0. The van der Waals surface area contributed by atoms with Gasteiger partial charge in [0, 0.05) is 19.3 Å². The van der Waals surface area contributed by atoms with Crippen molar-refractivity contribution in [3.8, 4) is 0 Å². The molecule has 4 rings (SSSR count). The molecule has 0 bridgehead atoms. The van der Waals surface area contributed by atoms with E-state index in [1.807, 2.05) is 0 Å². The van der Waals surface area contributed by atoms with Gasteiger partial charge in [-0.25, -0.2) is 15.0 Å². The number of nitrogens with zero attached hydrogens (tertiary/aromatic N) is 3. The standard InChI is InChI=1S/C28H41N3O3/c1-16(2)23-13-32-24(29-23)10-20-17(3)21(11-25-30-27(6,7)14-33-25)19(5)22(18(20)4)12-26-31-28(8,9)15-34-26/h16,23H,10-15H2,1-9H3/t23-/m1/s1. The lowest BCUT2D eigenvalue weighted by Crippen LogP contribution is -2.17. The molecule has 3 aliphatic heterocycles. The van der Waals surface area contributed by atoms with Crippen LogP contribution in [0, 0.1) is 26.7 Å². The molecule has 1 atom stereocenters. The first-order valence-corrected chi connectivity index (χ1v) is 12.6. The Kier molecular flexibility index (Phi) is 6.56. The molecule has 0 saturated heterocycles. The Hall–Kier alpha value is -2.37. The predicted octanol–water partition coefficient (Wildman–Crippen LogP) is 5.11. The van der Waals surface area contributed by atoms with Gasteiger partial charge in [-0.1, -0.05) is 13.8 Å². The highest BCUT2D eigenvalue weighted by atomic mass is 16.5. The van der Waals surface area contributed by atoms with Crippen LogP contribution in [0.1, 0.15) is 74.9 Å². The number of rotatable bonds is 7. The van der Waals surface area contributed by atoms with Gasteiger partial charge < -0.3 is 14.2 Å². The second-order valence-corrected chi connectivity index (χ2v) is 11.7. The minimum absolute atomic E-state index is 0.163. The van der Waals surface area contributed by atoms with E-state index >= 15 is 0 Å². The zero-order valence-corrected chi connectivity index (χ0v) is 22.5. The third-order valence-electron chi connectivity index (χ3n) is 7.24. The van der Waals surface area contributed by atoms with Crippen LogP contribution in [-0.4, -0.2) is 54.6 Å². The predicted molar refractivity (Wildman–Crippen MR) is 139 cm³/mol. The summed E-state index contributed by atoms with van der Waals surface area (Å²) in [5.41, 5.74) is 7.36. The normalized spacial score (nSPS) is 22.8. The maximum atomic E-state index is 6.03. The Morgan fingerprint density at radius 1 is 0.706 bits per heavy atom. The summed E-state index contributed by atoms with van der Waals surface area (Å²) in [7, 11) is 0. The van der Waals surface area contributed by atoms with Gasteiger partial charge in [0.05, 0.1) is 17.1 Å². The van der Waals surface area contributed by atoms with Gasteiger partial charge in [-0.3, -0.25) is 0 Å². The summed E-state index contributed by atoms with van der Waals surface area (Å²) in [6.45, 7) is 21.5. The minimum atomic E-state index is -0.163. The van der Waals surface area contributed by atoms with Crippen LogP contribution in [0.25, 0.3) is 0 Å². The maximum Gasteiger partial charge on any atom is 0.188 e. The second kappa shape index (κ2) is 9.01. The summed E-state index contributed by atoms with van der Waals surface area (Å²) >= 11 is 0. The van der Waals surface area contributed by atoms with Gasteiger partial charge in [-0.15, -0.1) is 0 Å². The van der Waals surface area contributed by atoms with E-state index in [0.29, 0.717) is 45.0 Å². The molecule has 0 amide bonds. The van der Waals surface area contributed by atoms with E-state index in [0.717, 1.165) is 17.7 Å². The van der Waals surface area contributed by atoms with Crippen LogP contribution >= 0.6 is 0 Å². The Labute approximate surface area is 204 Å². The van der Waals surface area contributed by atoms with E-state index in [-0.39, 0.29) is 17.1 Å². The molecule has 3 aliphatic rings. The zero-order chi connectivity index (χ0) is 24.8. The van der Waals surface area contributed by atoms with Gasteiger partial charge in [0.15, 0.2) is 17.7 Å². The van der Waals surface area contributed by atoms with Crippen molar-refractivity contribution in [2.75, 3.05) is 19.8 Å². The number of ether oxygens (including phenoxy) is 3. The van der Waals surface area contributed by atoms with Crippen molar-refractivity contribution in [3.05, 3.63) is 33.4 Å². The third kappa shape index (κ3) is 5.16. The summed E-state index contributed by atoms with van der Waals surface area (Å²) in [6, 6.07) is 0.243. The van der Waals surface area contributed by atoms with Crippen molar-refractivity contribution in [2.45, 2.75) is 98.7 Å². The largest absolute Gasteiger partial charge is 0.478 e. The van der Waals surface area contributed by atoms with Crippen LogP contribution in [-0.2, 0) is 33.5 Å². The van der Waals surface area contributed by atoms with Gasteiger partial charge in [-0.05, 0) is 87.8 Å². The molecule has 1 aromatic carbocycles. The average molecular weight is 468 g/mol. The molecule has 0 radical (unpaired) electrons. The Morgan fingerprint density at radius 3 is 1.44 bits per heavy atom. The molecule has 0 unspecified atom stereocenters. The lowest BCUT2D eigenvalue weighted by molar-refractivity contribution is 0.275. The van der Waals surface area contributed by atoms with Crippen molar-refractivity contribution in [3.63, 3.8) is 0 Å².